The summed E-state index contributed by atoms with van der Waals surface area (Å²) in [6, 6.07) is 11.5. The SMILES string of the molecule is Fc1cccc(F)c1CNc1ccc(Cc2c[nH]c3ncccc23)cn1. The number of halogens is 2. The Kier molecular flexibility index (Phi) is 4.31. The molecule has 0 aliphatic heterocycles. The van der Waals surface area contributed by atoms with E-state index in [1.165, 1.54) is 18.2 Å². The van der Waals surface area contributed by atoms with Crippen molar-refractivity contribution in [1.29, 1.82) is 0 Å². The third kappa shape index (κ3) is 3.26. The largest absolute Gasteiger partial charge is 0.366 e. The van der Waals surface area contributed by atoms with E-state index < -0.39 is 11.6 Å². The lowest BCUT2D eigenvalue weighted by Gasteiger charge is -2.08. The van der Waals surface area contributed by atoms with Gasteiger partial charge in [-0.25, -0.2) is 18.7 Å². The lowest BCUT2D eigenvalue weighted by atomic mass is 10.1. The smallest absolute Gasteiger partial charge is 0.137 e. The summed E-state index contributed by atoms with van der Waals surface area (Å²) < 4.78 is 27.3. The number of nitrogens with one attached hydrogen (secondary N) is 2. The van der Waals surface area contributed by atoms with Crippen molar-refractivity contribution in [2.24, 2.45) is 0 Å². The molecule has 3 heterocycles. The maximum Gasteiger partial charge on any atom is 0.137 e. The Bertz CT molecular complexity index is 1020. The molecule has 0 saturated carbocycles. The fourth-order valence-electron chi connectivity index (χ4n) is 2.89. The maximum atomic E-state index is 13.6. The minimum atomic E-state index is -0.568. The summed E-state index contributed by atoms with van der Waals surface area (Å²) in [7, 11) is 0. The number of hydrogen-bond donors (Lipinski definition) is 2. The first-order valence-electron chi connectivity index (χ1n) is 8.23. The van der Waals surface area contributed by atoms with Crippen molar-refractivity contribution in [1.82, 2.24) is 15.0 Å². The Morgan fingerprint density at radius 2 is 1.81 bits per heavy atom. The molecule has 4 aromatic rings. The van der Waals surface area contributed by atoms with Gasteiger partial charge in [-0.2, -0.15) is 0 Å². The second-order valence-electron chi connectivity index (χ2n) is 6.00. The second-order valence-corrected chi connectivity index (χ2v) is 6.00. The quantitative estimate of drug-likeness (QED) is 0.559. The van der Waals surface area contributed by atoms with Crippen LogP contribution in [0.2, 0.25) is 0 Å². The molecule has 26 heavy (non-hydrogen) atoms. The first-order valence-corrected chi connectivity index (χ1v) is 8.23. The van der Waals surface area contributed by atoms with E-state index in [1.54, 1.807) is 18.5 Å². The van der Waals surface area contributed by atoms with Crippen molar-refractivity contribution in [2.45, 2.75) is 13.0 Å². The van der Waals surface area contributed by atoms with Gasteiger partial charge in [-0.15, -0.1) is 0 Å². The Balaban J connectivity index is 1.45. The van der Waals surface area contributed by atoms with Gasteiger partial charge in [0.25, 0.3) is 0 Å². The molecule has 0 amide bonds. The van der Waals surface area contributed by atoms with Gasteiger partial charge in [-0.3, -0.25) is 0 Å². The molecule has 0 fully saturated rings. The van der Waals surface area contributed by atoms with E-state index in [9.17, 15) is 8.78 Å². The molecule has 0 aliphatic carbocycles. The van der Waals surface area contributed by atoms with E-state index in [4.69, 9.17) is 0 Å². The highest BCUT2D eigenvalue weighted by Gasteiger charge is 2.09. The molecule has 4 rings (SSSR count). The number of pyridine rings is 2. The van der Waals surface area contributed by atoms with Crippen LogP contribution in [-0.4, -0.2) is 15.0 Å². The van der Waals surface area contributed by atoms with E-state index in [0.29, 0.717) is 5.82 Å². The summed E-state index contributed by atoms with van der Waals surface area (Å²) in [6.45, 7) is 0.0406. The van der Waals surface area contributed by atoms with Crippen molar-refractivity contribution < 1.29 is 8.78 Å². The van der Waals surface area contributed by atoms with Gasteiger partial charge in [-0.05, 0) is 41.5 Å². The van der Waals surface area contributed by atoms with Crippen LogP contribution in [0.4, 0.5) is 14.6 Å². The molecule has 0 saturated heterocycles. The number of rotatable bonds is 5. The average molecular weight is 350 g/mol. The van der Waals surface area contributed by atoms with E-state index in [0.717, 1.165) is 28.6 Å². The van der Waals surface area contributed by atoms with E-state index in [2.05, 4.69) is 20.3 Å². The molecule has 4 nitrogen and oxygen atoms in total. The first-order chi connectivity index (χ1) is 12.7. The van der Waals surface area contributed by atoms with Crippen LogP contribution in [0.1, 0.15) is 16.7 Å². The zero-order valence-electron chi connectivity index (χ0n) is 13.8. The number of anilines is 1. The summed E-state index contributed by atoms with van der Waals surface area (Å²) in [4.78, 5) is 11.8. The van der Waals surface area contributed by atoms with Gasteiger partial charge >= 0.3 is 0 Å². The van der Waals surface area contributed by atoms with Gasteiger partial charge in [0, 0.05) is 42.5 Å². The second kappa shape index (κ2) is 6.92. The van der Waals surface area contributed by atoms with Gasteiger partial charge in [0.1, 0.15) is 23.1 Å². The van der Waals surface area contributed by atoms with Crippen LogP contribution in [0.3, 0.4) is 0 Å². The lowest BCUT2D eigenvalue weighted by Crippen LogP contribution is -2.05. The number of H-pyrrole nitrogens is 1. The fourth-order valence-corrected chi connectivity index (χ4v) is 2.89. The molecule has 2 N–H and O–H groups in total. The normalized spacial score (nSPS) is 11.0. The van der Waals surface area contributed by atoms with Crippen LogP contribution in [0.15, 0.2) is 61.1 Å². The molecule has 0 atom stereocenters. The third-order valence-corrected chi connectivity index (χ3v) is 4.26. The summed E-state index contributed by atoms with van der Waals surface area (Å²) in [5.41, 5.74) is 3.05. The third-order valence-electron chi connectivity index (χ3n) is 4.26. The summed E-state index contributed by atoms with van der Waals surface area (Å²) in [5.74, 6) is -0.568. The van der Waals surface area contributed by atoms with Crippen molar-refractivity contribution in [2.75, 3.05) is 5.32 Å². The summed E-state index contributed by atoms with van der Waals surface area (Å²) in [6.07, 6.45) is 6.18. The maximum absolute atomic E-state index is 13.6. The highest BCUT2D eigenvalue weighted by atomic mass is 19.1. The van der Waals surface area contributed by atoms with Gasteiger partial charge < -0.3 is 10.3 Å². The van der Waals surface area contributed by atoms with E-state index >= 15 is 0 Å². The van der Waals surface area contributed by atoms with Gasteiger partial charge in [0.15, 0.2) is 0 Å². The zero-order chi connectivity index (χ0) is 17.9. The van der Waals surface area contributed by atoms with E-state index in [-0.39, 0.29) is 12.1 Å². The number of aromatic nitrogens is 3. The Morgan fingerprint density at radius 3 is 2.58 bits per heavy atom. The highest BCUT2D eigenvalue weighted by Crippen LogP contribution is 2.20. The van der Waals surface area contributed by atoms with Crippen LogP contribution in [-0.2, 0) is 13.0 Å². The van der Waals surface area contributed by atoms with E-state index in [1.807, 2.05) is 24.4 Å². The van der Waals surface area contributed by atoms with Crippen molar-refractivity contribution in [3.63, 3.8) is 0 Å². The Hall–Kier alpha value is -3.28. The van der Waals surface area contributed by atoms with Crippen molar-refractivity contribution >= 4 is 16.9 Å². The molecular formula is C20H16F2N4. The molecule has 0 bridgehead atoms. The minimum absolute atomic E-state index is 0.00432. The molecule has 130 valence electrons. The number of fused-ring (bicyclic) bond motifs is 1. The first kappa shape index (κ1) is 16.2. The van der Waals surface area contributed by atoms with Crippen molar-refractivity contribution in [3.8, 4) is 0 Å². The molecular weight excluding hydrogens is 334 g/mol. The van der Waals surface area contributed by atoms with Gasteiger partial charge in [-0.1, -0.05) is 12.1 Å². The number of aromatic amines is 1. The predicted molar refractivity (Wildman–Crippen MR) is 96.8 cm³/mol. The minimum Gasteiger partial charge on any atom is -0.366 e. The topological polar surface area (TPSA) is 53.6 Å². The van der Waals surface area contributed by atoms with Gasteiger partial charge in [0.05, 0.1) is 0 Å². The molecule has 0 spiro atoms. The molecule has 0 unspecified atom stereocenters. The number of benzene rings is 1. The molecule has 3 aromatic heterocycles. The number of hydrogen-bond acceptors (Lipinski definition) is 3. The summed E-state index contributed by atoms with van der Waals surface area (Å²) >= 11 is 0. The van der Waals surface area contributed by atoms with Crippen molar-refractivity contribution in [3.05, 3.63) is 89.4 Å². The van der Waals surface area contributed by atoms with Gasteiger partial charge in [0.2, 0.25) is 0 Å². The molecule has 6 heteroatoms. The molecule has 1 aromatic carbocycles. The average Bonchev–Trinajstić information content (AvgIpc) is 3.06. The van der Waals surface area contributed by atoms with Crippen LogP contribution in [0, 0.1) is 11.6 Å². The van der Waals surface area contributed by atoms with Crippen LogP contribution in [0.5, 0.6) is 0 Å². The predicted octanol–water partition coefficient (Wildman–Crippen LogP) is 4.44. The standard InChI is InChI=1S/C20H16F2N4/c21-17-4-1-5-18(22)16(17)12-25-19-7-6-13(10-24-19)9-14-11-26-20-15(14)3-2-8-23-20/h1-8,10-11H,9,12H2,(H,23,26)(H,24,25). The van der Waals surface area contributed by atoms with Crippen LogP contribution < -0.4 is 5.32 Å². The Morgan fingerprint density at radius 1 is 0.962 bits per heavy atom. The van der Waals surface area contributed by atoms with Crippen LogP contribution >= 0.6 is 0 Å². The monoisotopic (exact) mass is 350 g/mol. The fraction of sp³-hybridized carbons (Fsp3) is 0.100. The zero-order valence-corrected chi connectivity index (χ0v) is 13.8. The van der Waals surface area contributed by atoms with Crippen LogP contribution in [0.25, 0.3) is 11.0 Å². The Labute approximate surface area is 148 Å². The molecule has 0 radical (unpaired) electrons. The molecule has 0 aliphatic rings. The highest BCUT2D eigenvalue weighted by molar-refractivity contribution is 5.79. The number of nitrogens with zero attached hydrogens (tertiary/aromatic N) is 2. The summed E-state index contributed by atoms with van der Waals surface area (Å²) in [5, 5.41) is 4.04. The lowest BCUT2D eigenvalue weighted by molar-refractivity contribution is 0.560.